The van der Waals surface area contributed by atoms with E-state index in [2.05, 4.69) is 15.6 Å². The highest BCUT2D eigenvalue weighted by Crippen LogP contribution is 2.20. The quantitative estimate of drug-likeness (QED) is 0.834. The first-order valence-electron chi connectivity index (χ1n) is 5.29. The van der Waals surface area contributed by atoms with Gasteiger partial charge in [-0.25, -0.2) is 9.18 Å². The van der Waals surface area contributed by atoms with E-state index in [1.807, 2.05) is 6.92 Å². The van der Waals surface area contributed by atoms with Crippen LogP contribution in [0.3, 0.4) is 0 Å². The number of urea groups is 1. The Morgan fingerprint density at radius 3 is 2.94 bits per heavy atom. The predicted octanol–water partition coefficient (Wildman–Crippen LogP) is 3.09. The van der Waals surface area contributed by atoms with E-state index in [9.17, 15) is 9.18 Å². The summed E-state index contributed by atoms with van der Waals surface area (Å²) in [4.78, 5) is 15.8. The van der Waals surface area contributed by atoms with Crippen molar-refractivity contribution < 1.29 is 9.18 Å². The number of nitrogens with one attached hydrogen (secondary N) is 2. The molecule has 2 rings (SSSR count). The van der Waals surface area contributed by atoms with Gasteiger partial charge in [0.15, 0.2) is 5.17 Å². The molecule has 1 heterocycles. The molecule has 0 saturated heterocycles. The Kier molecular flexibility index (Phi) is 4.08. The van der Waals surface area contributed by atoms with Crippen molar-refractivity contribution >= 4 is 40.2 Å². The number of halogens is 2. The molecule has 96 valence electrons. The Balaban J connectivity index is 1.93. The second-order valence-electron chi connectivity index (χ2n) is 3.78. The molecule has 0 unspecified atom stereocenters. The summed E-state index contributed by atoms with van der Waals surface area (Å²) >= 11 is 7.11. The van der Waals surface area contributed by atoms with E-state index >= 15 is 0 Å². The molecule has 1 aliphatic heterocycles. The van der Waals surface area contributed by atoms with Gasteiger partial charge >= 0.3 is 6.03 Å². The molecule has 0 saturated carbocycles. The molecule has 1 atom stereocenters. The van der Waals surface area contributed by atoms with Crippen LogP contribution in [0.25, 0.3) is 0 Å². The van der Waals surface area contributed by atoms with Crippen LogP contribution in [0.2, 0.25) is 5.02 Å². The van der Waals surface area contributed by atoms with Crippen LogP contribution >= 0.6 is 23.4 Å². The third-order valence-corrected chi connectivity index (χ3v) is 3.50. The van der Waals surface area contributed by atoms with E-state index in [4.69, 9.17) is 11.6 Å². The molecule has 4 nitrogen and oxygen atoms in total. The summed E-state index contributed by atoms with van der Waals surface area (Å²) in [6.07, 6.45) is 0. The number of amidine groups is 1. The lowest BCUT2D eigenvalue weighted by atomic mass is 10.3. The average Bonchev–Trinajstić information content (AvgIpc) is 2.69. The van der Waals surface area contributed by atoms with Gasteiger partial charge in [0.2, 0.25) is 0 Å². The molecule has 1 aromatic rings. The summed E-state index contributed by atoms with van der Waals surface area (Å²) in [6.45, 7) is 2.73. The van der Waals surface area contributed by atoms with E-state index in [-0.39, 0.29) is 5.02 Å². The van der Waals surface area contributed by atoms with E-state index in [0.717, 1.165) is 0 Å². The number of amides is 2. The van der Waals surface area contributed by atoms with Gasteiger partial charge in [0, 0.05) is 10.9 Å². The van der Waals surface area contributed by atoms with E-state index in [1.165, 1.54) is 30.0 Å². The van der Waals surface area contributed by atoms with Crippen molar-refractivity contribution in [3.05, 3.63) is 29.0 Å². The lowest BCUT2D eigenvalue weighted by molar-refractivity contribution is 0.256. The Morgan fingerprint density at radius 1 is 1.56 bits per heavy atom. The molecule has 0 radical (unpaired) electrons. The van der Waals surface area contributed by atoms with E-state index in [0.29, 0.717) is 22.6 Å². The summed E-state index contributed by atoms with van der Waals surface area (Å²) < 4.78 is 12.9. The summed E-state index contributed by atoms with van der Waals surface area (Å²) in [5.74, 6) is -0.521. The maximum absolute atomic E-state index is 12.9. The van der Waals surface area contributed by atoms with E-state index < -0.39 is 11.8 Å². The van der Waals surface area contributed by atoms with Crippen LogP contribution in [0.1, 0.15) is 6.92 Å². The number of thioether (sulfide) groups is 1. The first-order valence-corrected chi connectivity index (χ1v) is 6.54. The third-order valence-electron chi connectivity index (χ3n) is 2.20. The van der Waals surface area contributed by atoms with Gasteiger partial charge in [0.25, 0.3) is 0 Å². The zero-order valence-electron chi connectivity index (χ0n) is 9.54. The number of nitrogens with zero attached hydrogens (tertiary/aromatic N) is 1. The van der Waals surface area contributed by atoms with Crippen LogP contribution in [0, 0.1) is 5.82 Å². The summed E-state index contributed by atoms with van der Waals surface area (Å²) in [5.41, 5.74) is 0.426. The monoisotopic (exact) mass is 287 g/mol. The van der Waals surface area contributed by atoms with Crippen molar-refractivity contribution in [2.75, 3.05) is 11.9 Å². The molecule has 18 heavy (non-hydrogen) atoms. The van der Waals surface area contributed by atoms with Crippen LogP contribution in [0.4, 0.5) is 14.9 Å². The molecule has 0 aliphatic carbocycles. The number of benzene rings is 1. The second-order valence-corrected chi connectivity index (χ2v) is 5.62. The smallest absolute Gasteiger partial charge is 0.308 e. The lowest BCUT2D eigenvalue weighted by Crippen LogP contribution is -2.32. The average molecular weight is 288 g/mol. The number of rotatable bonds is 1. The molecule has 0 fully saturated rings. The molecule has 0 aromatic heterocycles. The summed E-state index contributed by atoms with van der Waals surface area (Å²) in [7, 11) is 0. The molecule has 0 spiro atoms. The topological polar surface area (TPSA) is 53.5 Å². The van der Waals surface area contributed by atoms with Crippen LogP contribution in [-0.2, 0) is 0 Å². The molecular formula is C11H11ClFN3OS. The number of carbonyl (C=O) groups excluding carboxylic acids is 1. The van der Waals surface area contributed by atoms with Crippen LogP contribution < -0.4 is 10.6 Å². The molecule has 0 bridgehead atoms. The number of aliphatic imine (C=N–C) groups is 1. The highest BCUT2D eigenvalue weighted by molar-refractivity contribution is 8.14. The lowest BCUT2D eigenvalue weighted by Gasteiger charge is -2.07. The first-order chi connectivity index (χ1) is 8.54. The van der Waals surface area contributed by atoms with E-state index in [1.54, 1.807) is 0 Å². The number of carbonyl (C=O) groups is 1. The molecule has 2 amide bonds. The van der Waals surface area contributed by atoms with Crippen molar-refractivity contribution in [2.45, 2.75) is 12.2 Å². The largest absolute Gasteiger partial charge is 0.325 e. The summed E-state index contributed by atoms with van der Waals surface area (Å²) in [6, 6.07) is 3.57. The minimum Gasteiger partial charge on any atom is -0.308 e. The van der Waals surface area contributed by atoms with Crippen molar-refractivity contribution in [2.24, 2.45) is 4.99 Å². The Morgan fingerprint density at radius 2 is 2.33 bits per heavy atom. The summed E-state index contributed by atoms with van der Waals surface area (Å²) in [5, 5.41) is 6.11. The molecule has 1 aromatic carbocycles. The van der Waals surface area contributed by atoms with Gasteiger partial charge in [-0.1, -0.05) is 30.3 Å². The first kappa shape index (κ1) is 13.2. The SMILES string of the molecule is C[C@@H]1CN=C(NC(=O)Nc2ccc(F)c(Cl)c2)S1. The second kappa shape index (κ2) is 5.58. The van der Waals surface area contributed by atoms with Gasteiger partial charge in [-0.05, 0) is 18.2 Å². The minimum absolute atomic E-state index is 0.0333. The Hall–Kier alpha value is -1.27. The fourth-order valence-corrected chi connectivity index (χ4v) is 2.39. The molecule has 2 N–H and O–H groups in total. The van der Waals surface area contributed by atoms with Crippen LogP contribution in [0.5, 0.6) is 0 Å². The fourth-order valence-electron chi connectivity index (χ4n) is 1.38. The van der Waals surface area contributed by atoms with Gasteiger partial charge < -0.3 is 5.32 Å². The maximum atomic E-state index is 12.9. The van der Waals surface area contributed by atoms with Gasteiger partial charge in [0.05, 0.1) is 11.6 Å². The molecule has 7 heteroatoms. The predicted molar refractivity (Wildman–Crippen MR) is 72.9 cm³/mol. The zero-order chi connectivity index (χ0) is 13.1. The van der Waals surface area contributed by atoms with Gasteiger partial charge in [-0.2, -0.15) is 0 Å². The van der Waals surface area contributed by atoms with Crippen molar-refractivity contribution in [1.82, 2.24) is 5.32 Å². The normalized spacial score (nSPS) is 18.4. The Bertz CT molecular complexity index is 509. The highest BCUT2D eigenvalue weighted by Gasteiger charge is 2.17. The molecular weight excluding hydrogens is 277 g/mol. The van der Waals surface area contributed by atoms with Crippen LogP contribution in [0.15, 0.2) is 23.2 Å². The van der Waals surface area contributed by atoms with Crippen molar-refractivity contribution in [1.29, 1.82) is 0 Å². The zero-order valence-corrected chi connectivity index (χ0v) is 11.1. The molecule has 1 aliphatic rings. The number of hydrogen-bond acceptors (Lipinski definition) is 3. The number of hydrogen-bond donors (Lipinski definition) is 2. The van der Waals surface area contributed by atoms with Gasteiger partial charge in [0.1, 0.15) is 5.82 Å². The highest BCUT2D eigenvalue weighted by atomic mass is 35.5. The Labute approximate surface area is 113 Å². The third kappa shape index (κ3) is 3.36. The van der Waals surface area contributed by atoms with Gasteiger partial charge in [-0.15, -0.1) is 0 Å². The standard InChI is InChI=1S/C11H11ClFN3OS/c1-6-5-14-11(18-6)16-10(17)15-7-2-3-9(13)8(12)4-7/h2-4,6H,5H2,1H3,(H2,14,15,16,17)/t6-/m1/s1. The van der Waals surface area contributed by atoms with Crippen molar-refractivity contribution in [3.63, 3.8) is 0 Å². The fraction of sp³-hybridized carbons (Fsp3) is 0.273. The maximum Gasteiger partial charge on any atom is 0.325 e. The minimum atomic E-state index is -0.521. The number of anilines is 1. The van der Waals surface area contributed by atoms with Gasteiger partial charge in [-0.3, -0.25) is 10.3 Å². The van der Waals surface area contributed by atoms with Crippen LogP contribution in [-0.4, -0.2) is 23.0 Å². The van der Waals surface area contributed by atoms with Crippen molar-refractivity contribution in [3.8, 4) is 0 Å².